The number of nitrogen functional groups attached to an aromatic ring is 1. The van der Waals surface area contributed by atoms with Gasteiger partial charge >= 0.3 is 0 Å². The molecule has 0 radical (unpaired) electrons. The molecular weight excluding hydrogens is 368 g/mol. The summed E-state index contributed by atoms with van der Waals surface area (Å²) in [6, 6.07) is 9.42. The van der Waals surface area contributed by atoms with Crippen molar-refractivity contribution in [3.05, 3.63) is 65.4 Å². The molecular formula is C21H22N6O2. The molecule has 3 heterocycles. The number of carbonyl (C=O) groups excluding carboxylic acids is 2. The van der Waals surface area contributed by atoms with Crippen molar-refractivity contribution in [2.24, 2.45) is 5.92 Å². The summed E-state index contributed by atoms with van der Waals surface area (Å²) in [6.07, 6.45) is 3.65. The Balaban J connectivity index is 1.50. The molecule has 29 heavy (non-hydrogen) atoms. The van der Waals surface area contributed by atoms with Crippen molar-refractivity contribution in [3.63, 3.8) is 0 Å². The van der Waals surface area contributed by atoms with Crippen molar-refractivity contribution in [1.29, 1.82) is 0 Å². The summed E-state index contributed by atoms with van der Waals surface area (Å²) in [5.41, 5.74) is 8.51. The van der Waals surface area contributed by atoms with Gasteiger partial charge in [-0.1, -0.05) is 18.2 Å². The lowest BCUT2D eigenvalue weighted by molar-refractivity contribution is 0.0778. The van der Waals surface area contributed by atoms with E-state index in [1.54, 1.807) is 29.6 Å². The number of anilines is 1. The van der Waals surface area contributed by atoms with Gasteiger partial charge in [-0.15, -0.1) is 0 Å². The first-order valence-electron chi connectivity index (χ1n) is 9.48. The third-order valence-corrected chi connectivity index (χ3v) is 5.25. The molecule has 0 saturated carbocycles. The maximum atomic E-state index is 13.0. The van der Waals surface area contributed by atoms with Gasteiger partial charge < -0.3 is 10.6 Å². The maximum Gasteiger partial charge on any atom is 0.257 e. The van der Waals surface area contributed by atoms with Crippen molar-refractivity contribution in [1.82, 2.24) is 24.6 Å². The number of ketones is 1. The zero-order valence-electron chi connectivity index (χ0n) is 16.4. The molecule has 8 heteroatoms. The van der Waals surface area contributed by atoms with Gasteiger partial charge in [0.15, 0.2) is 5.78 Å². The Labute approximate surface area is 168 Å². The number of aromatic nitrogens is 4. The summed E-state index contributed by atoms with van der Waals surface area (Å²) in [6.45, 7) is 4.43. The molecule has 8 nitrogen and oxygen atoms in total. The van der Waals surface area contributed by atoms with E-state index in [4.69, 9.17) is 5.73 Å². The molecule has 1 saturated heterocycles. The van der Waals surface area contributed by atoms with E-state index in [0.717, 1.165) is 5.69 Å². The number of hydrogen-bond acceptors (Lipinski definition) is 6. The van der Waals surface area contributed by atoms with Gasteiger partial charge in [-0.05, 0) is 32.4 Å². The van der Waals surface area contributed by atoms with Crippen LogP contribution in [0, 0.1) is 19.8 Å². The Hall–Kier alpha value is -3.55. The minimum Gasteiger partial charge on any atom is -0.383 e. The highest BCUT2D eigenvalue weighted by Crippen LogP contribution is 2.26. The number of hydrogen-bond donors (Lipinski definition) is 1. The lowest BCUT2D eigenvalue weighted by Crippen LogP contribution is -2.31. The predicted octanol–water partition coefficient (Wildman–Crippen LogP) is 2.21. The van der Waals surface area contributed by atoms with Gasteiger partial charge in [0.05, 0.1) is 28.7 Å². The quantitative estimate of drug-likeness (QED) is 0.685. The summed E-state index contributed by atoms with van der Waals surface area (Å²) in [7, 11) is 0. The van der Waals surface area contributed by atoms with E-state index in [1.165, 1.54) is 6.20 Å². The van der Waals surface area contributed by atoms with E-state index in [9.17, 15) is 9.59 Å². The topological polar surface area (TPSA) is 107 Å². The molecule has 1 unspecified atom stereocenters. The zero-order chi connectivity index (χ0) is 20.5. The highest BCUT2D eigenvalue weighted by Gasteiger charge is 2.34. The van der Waals surface area contributed by atoms with Gasteiger partial charge in [0.1, 0.15) is 11.6 Å². The highest BCUT2D eigenvalue weighted by molar-refractivity contribution is 6.03. The van der Waals surface area contributed by atoms with E-state index >= 15 is 0 Å². The van der Waals surface area contributed by atoms with Crippen molar-refractivity contribution >= 4 is 17.5 Å². The Kier molecular flexibility index (Phi) is 4.84. The van der Waals surface area contributed by atoms with Crippen LogP contribution in [0.25, 0.3) is 5.69 Å². The highest BCUT2D eigenvalue weighted by atomic mass is 16.2. The molecule has 148 valence electrons. The summed E-state index contributed by atoms with van der Waals surface area (Å²) in [5.74, 6) is 0.400. The van der Waals surface area contributed by atoms with Gasteiger partial charge in [-0.25, -0.2) is 14.6 Å². The fourth-order valence-corrected chi connectivity index (χ4v) is 3.66. The van der Waals surface area contributed by atoms with Crippen molar-refractivity contribution in [3.8, 4) is 5.69 Å². The van der Waals surface area contributed by atoms with Gasteiger partial charge in [0.25, 0.3) is 5.91 Å². The van der Waals surface area contributed by atoms with Crippen LogP contribution in [-0.2, 0) is 0 Å². The number of benzene rings is 1. The number of para-hydroxylation sites is 1. The monoisotopic (exact) mass is 390 g/mol. The molecule has 2 aromatic heterocycles. The molecule has 2 N–H and O–H groups in total. The lowest BCUT2D eigenvalue weighted by atomic mass is 9.98. The number of carbonyl (C=O) groups is 2. The minimum atomic E-state index is -0.304. The van der Waals surface area contributed by atoms with Crippen LogP contribution < -0.4 is 5.73 Å². The average Bonchev–Trinajstić information content (AvgIpc) is 3.35. The van der Waals surface area contributed by atoms with E-state index in [0.29, 0.717) is 48.0 Å². The normalized spacial score (nSPS) is 16.2. The van der Waals surface area contributed by atoms with Crippen LogP contribution in [0.5, 0.6) is 0 Å². The molecule has 0 aliphatic carbocycles. The zero-order valence-corrected chi connectivity index (χ0v) is 16.4. The second kappa shape index (κ2) is 7.46. The van der Waals surface area contributed by atoms with E-state index in [1.807, 2.05) is 30.3 Å². The molecule has 1 atom stereocenters. The maximum absolute atomic E-state index is 13.0. The van der Waals surface area contributed by atoms with E-state index < -0.39 is 0 Å². The Bertz CT molecular complexity index is 1080. The van der Waals surface area contributed by atoms with Gasteiger partial charge in [-0.2, -0.15) is 5.10 Å². The first-order valence-corrected chi connectivity index (χ1v) is 9.48. The smallest absolute Gasteiger partial charge is 0.257 e. The first kappa shape index (κ1) is 18.8. The van der Waals surface area contributed by atoms with Crippen molar-refractivity contribution in [2.45, 2.75) is 20.3 Å². The fraction of sp³-hybridized carbons (Fsp3) is 0.286. The van der Waals surface area contributed by atoms with Crippen molar-refractivity contribution < 1.29 is 9.59 Å². The first-order chi connectivity index (χ1) is 14.0. The molecule has 0 spiro atoms. The van der Waals surface area contributed by atoms with Gasteiger partial charge in [0, 0.05) is 25.2 Å². The lowest BCUT2D eigenvalue weighted by Gasteiger charge is -2.17. The summed E-state index contributed by atoms with van der Waals surface area (Å²) < 4.78 is 1.55. The molecule has 1 aromatic carbocycles. The molecule has 1 fully saturated rings. The van der Waals surface area contributed by atoms with Crippen molar-refractivity contribution in [2.75, 3.05) is 18.8 Å². The van der Waals surface area contributed by atoms with E-state index in [2.05, 4.69) is 15.1 Å². The third-order valence-electron chi connectivity index (χ3n) is 5.25. The van der Waals surface area contributed by atoms with Crippen LogP contribution >= 0.6 is 0 Å². The number of rotatable bonds is 4. The molecule has 1 aliphatic heterocycles. The SMILES string of the molecule is Cc1ncc(C(=O)N2CCC(C(=O)c3cnn(-c4ccccc4)c3N)C2)c(C)n1. The van der Waals surface area contributed by atoms with Gasteiger partial charge in [0.2, 0.25) is 0 Å². The van der Waals surface area contributed by atoms with E-state index in [-0.39, 0.29) is 17.6 Å². The van der Waals surface area contributed by atoms with Gasteiger partial charge in [-0.3, -0.25) is 9.59 Å². The Morgan fingerprint density at radius 2 is 1.86 bits per heavy atom. The van der Waals surface area contributed by atoms with Crippen LogP contribution in [0.1, 0.15) is 38.7 Å². The van der Waals surface area contributed by atoms with Crippen LogP contribution in [0.4, 0.5) is 5.82 Å². The number of Topliss-reactive ketones (excluding diaryl/α,β-unsaturated/α-hetero) is 1. The third kappa shape index (κ3) is 3.49. The fourth-order valence-electron chi connectivity index (χ4n) is 3.66. The standard InChI is InChI=1S/C21H22N6O2/c1-13-17(10-23-14(2)25-13)21(29)26-9-8-15(12-26)19(28)18-11-24-27(20(18)22)16-6-4-3-5-7-16/h3-7,10-11,15H,8-9,12,22H2,1-2H3. The number of nitrogens with two attached hydrogens (primary N) is 1. The molecule has 3 aromatic rings. The summed E-state index contributed by atoms with van der Waals surface area (Å²) in [4.78, 5) is 35.9. The largest absolute Gasteiger partial charge is 0.383 e. The number of amides is 1. The summed E-state index contributed by atoms with van der Waals surface area (Å²) >= 11 is 0. The molecule has 4 rings (SSSR count). The summed E-state index contributed by atoms with van der Waals surface area (Å²) in [5, 5.41) is 4.27. The number of nitrogens with zero attached hydrogens (tertiary/aromatic N) is 5. The van der Waals surface area contributed by atoms with Crippen LogP contribution in [0.3, 0.4) is 0 Å². The van der Waals surface area contributed by atoms with Crippen LogP contribution in [0.2, 0.25) is 0 Å². The Morgan fingerprint density at radius 1 is 1.10 bits per heavy atom. The number of aryl methyl sites for hydroxylation is 2. The molecule has 0 bridgehead atoms. The minimum absolute atomic E-state index is 0.0862. The van der Waals surface area contributed by atoms with Crippen LogP contribution in [-0.4, -0.2) is 49.4 Å². The Morgan fingerprint density at radius 3 is 2.59 bits per heavy atom. The molecule has 1 amide bonds. The number of likely N-dealkylation sites (tertiary alicyclic amines) is 1. The predicted molar refractivity (Wildman–Crippen MR) is 108 cm³/mol. The second-order valence-corrected chi connectivity index (χ2v) is 7.21. The average molecular weight is 390 g/mol. The molecule has 1 aliphatic rings. The second-order valence-electron chi connectivity index (χ2n) is 7.21. The van der Waals surface area contributed by atoms with Crippen LogP contribution in [0.15, 0.2) is 42.7 Å².